The maximum absolute atomic E-state index is 5.83. The van der Waals surface area contributed by atoms with Gasteiger partial charge in [-0.2, -0.15) is 0 Å². The van der Waals surface area contributed by atoms with E-state index in [2.05, 4.69) is 26.0 Å². The molecule has 0 atom stereocenters. The minimum absolute atomic E-state index is 0. The van der Waals surface area contributed by atoms with E-state index in [0.717, 1.165) is 11.3 Å². The number of nitrogen functional groups attached to an aromatic ring is 1. The van der Waals surface area contributed by atoms with Crippen LogP contribution in [0.1, 0.15) is 26.4 Å². The fourth-order valence-electron chi connectivity index (χ4n) is 1.17. The number of rotatable bonds is 1. The van der Waals surface area contributed by atoms with Crippen molar-refractivity contribution in [2.24, 2.45) is 0 Å². The molecular weight excluding hydrogens is 146 g/mol. The second-order valence-corrected chi connectivity index (χ2v) is 3.06. The van der Waals surface area contributed by atoms with Gasteiger partial charge in [0.25, 0.3) is 0 Å². The van der Waals surface area contributed by atoms with Gasteiger partial charge >= 0.3 is 0 Å². The Balaban J connectivity index is 0.00000144. The van der Waals surface area contributed by atoms with Crippen molar-refractivity contribution in [2.45, 2.75) is 20.8 Å². The lowest BCUT2D eigenvalue weighted by molar-refractivity contribution is 1.43. The molecule has 1 heteroatoms. The van der Waals surface area contributed by atoms with Crippen LogP contribution in [-0.2, 0) is 0 Å². The van der Waals surface area contributed by atoms with E-state index in [-0.39, 0.29) is 1.43 Å². The molecular formula is C11H17N. The average molecular weight is 163 g/mol. The topological polar surface area (TPSA) is 26.0 Å². The zero-order valence-electron chi connectivity index (χ0n) is 7.89. The summed E-state index contributed by atoms with van der Waals surface area (Å²) in [5.41, 5.74) is 10.3. The van der Waals surface area contributed by atoms with Crippen molar-refractivity contribution in [3.05, 3.63) is 35.4 Å². The van der Waals surface area contributed by atoms with Crippen molar-refractivity contribution in [2.75, 3.05) is 5.73 Å². The first-order chi connectivity index (χ1) is 5.65. The predicted molar refractivity (Wildman–Crippen MR) is 57.0 cm³/mol. The highest BCUT2D eigenvalue weighted by atomic mass is 14.6. The van der Waals surface area contributed by atoms with Crippen molar-refractivity contribution in [3.63, 3.8) is 0 Å². The summed E-state index contributed by atoms with van der Waals surface area (Å²) < 4.78 is 0. The van der Waals surface area contributed by atoms with Crippen LogP contribution in [0, 0.1) is 6.92 Å². The van der Waals surface area contributed by atoms with Crippen molar-refractivity contribution in [1.29, 1.82) is 0 Å². The summed E-state index contributed by atoms with van der Waals surface area (Å²) in [6.07, 6.45) is 2.07. The summed E-state index contributed by atoms with van der Waals surface area (Å²) in [6.45, 7) is 6.17. The van der Waals surface area contributed by atoms with E-state index in [1.165, 1.54) is 11.1 Å². The van der Waals surface area contributed by atoms with Gasteiger partial charge in [0, 0.05) is 12.7 Å². The van der Waals surface area contributed by atoms with Gasteiger partial charge in [0.15, 0.2) is 0 Å². The first kappa shape index (κ1) is 8.85. The Kier molecular flexibility index (Phi) is 2.54. The number of aryl methyl sites for hydroxylation is 1. The molecule has 0 aliphatic carbocycles. The highest BCUT2D eigenvalue weighted by molar-refractivity contribution is 5.74. The van der Waals surface area contributed by atoms with E-state index in [1.807, 2.05) is 19.1 Å². The Morgan fingerprint density at radius 1 is 1.50 bits per heavy atom. The third-order valence-electron chi connectivity index (χ3n) is 2.07. The molecule has 0 saturated carbocycles. The van der Waals surface area contributed by atoms with Crippen molar-refractivity contribution in [1.82, 2.24) is 0 Å². The lowest BCUT2D eigenvalue weighted by Gasteiger charge is -2.06. The molecule has 0 saturated heterocycles. The summed E-state index contributed by atoms with van der Waals surface area (Å²) in [7, 11) is 0. The number of allylic oxidation sites excluding steroid dienone is 2. The van der Waals surface area contributed by atoms with E-state index >= 15 is 0 Å². The molecule has 12 heavy (non-hydrogen) atoms. The predicted octanol–water partition coefficient (Wildman–Crippen LogP) is 3.25. The number of hydrogen-bond donors (Lipinski definition) is 1. The minimum atomic E-state index is 0. The van der Waals surface area contributed by atoms with Gasteiger partial charge in [-0.1, -0.05) is 17.7 Å². The summed E-state index contributed by atoms with van der Waals surface area (Å²) >= 11 is 0. The third kappa shape index (κ3) is 1.67. The van der Waals surface area contributed by atoms with Crippen LogP contribution >= 0.6 is 0 Å². The van der Waals surface area contributed by atoms with Gasteiger partial charge in [0.1, 0.15) is 0 Å². The Morgan fingerprint density at radius 2 is 2.17 bits per heavy atom. The second kappa shape index (κ2) is 3.44. The van der Waals surface area contributed by atoms with Gasteiger partial charge in [0.05, 0.1) is 0 Å². The summed E-state index contributed by atoms with van der Waals surface area (Å²) in [4.78, 5) is 0. The van der Waals surface area contributed by atoms with E-state index in [0.29, 0.717) is 0 Å². The van der Waals surface area contributed by atoms with Gasteiger partial charge in [-0.05, 0) is 38.5 Å². The fourth-order valence-corrected chi connectivity index (χ4v) is 1.17. The van der Waals surface area contributed by atoms with Crippen LogP contribution in [0.5, 0.6) is 0 Å². The Labute approximate surface area is 75.4 Å². The molecule has 2 N–H and O–H groups in total. The first-order valence-corrected chi connectivity index (χ1v) is 4.14. The number of nitrogens with two attached hydrogens (primary N) is 1. The molecule has 0 spiro atoms. The highest BCUT2D eigenvalue weighted by Crippen LogP contribution is 2.21. The van der Waals surface area contributed by atoms with Gasteiger partial charge in [-0.3, -0.25) is 0 Å². The molecule has 1 aromatic carbocycles. The molecule has 0 aromatic heterocycles. The molecule has 0 heterocycles. The Morgan fingerprint density at radius 3 is 2.75 bits per heavy atom. The van der Waals surface area contributed by atoms with Gasteiger partial charge < -0.3 is 5.73 Å². The zero-order chi connectivity index (χ0) is 9.14. The third-order valence-corrected chi connectivity index (χ3v) is 2.07. The average Bonchev–Trinajstić information content (AvgIpc) is 2.08. The van der Waals surface area contributed by atoms with E-state index in [9.17, 15) is 0 Å². The molecule has 1 rings (SSSR count). The molecule has 0 aliphatic heterocycles. The van der Waals surface area contributed by atoms with Crippen LogP contribution < -0.4 is 5.73 Å². The van der Waals surface area contributed by atoms with Crippen LogP contribution in [0.15, 0.2) is 24.3 Å². The van der Waals surface area contributed by atoms with E-state index in [1.54, 1.807) is 0 Å². The summed E-state index contributed by atoms with van der Waals surface area (Å²) in [6, 6.07) is 6.10. The maximum atomic E-state index is 5.83. The molecule has 0 amide bonds. The lowest BCUT2D eigenvalue weighted by atomic mass is 10.0. The molecule has 66 valence electrons. The summed E-state index contributed by atoms with van der Waals surface area (Å²) in [5.74, 6) is 0. The van der Waals surface area contributed by atoms with Crippen LogP contribution in [0.2, 0.25) is 0 Å². The number of hydrogen-bond acceptors (Lipinski definition) is 1. The first-order valence-electron chi connectivity index (χ1n) is 4.14. The number of anilines is 1. The van der Waals surface area contributed by atoms with Crippen molar-refractivity contribution < 1.29 is 1.43 Å². The molecule has 0 unspecified atom stereocenters. The standard InChI is InChI=1S/C11H15N.H2/c1-4-9(3)10-7-8(2)5-6-11(10)12;/h4-7H,12H2,1-3H3;1H/b9-4-;. The monoisotopic (exact) mass is 163 g/mol. The normalized spacial score (nSPS) is 11.8. The molecule has 0 aliphatic rings. The van der Waals surface area contributed by atoms with Crippen LogP contribution in [-0.4, -0.2) is 0 Å². The van der Waals surface area contributed by atoms with E-state index < -0.39 is 0 Å². The SMILES string of the molecule is C/C=C(/C)c1cc(C)ccc1N.[HH]. The van der Waals surface area contributed by atoms with Crippen LogP contribution in [0.3, 0.4) is 0 Å². The van der Waals surface area contributed by atoms with Crippen molar-refractivity contribution >= 4 is 11.3 Å². The van der Waals surface area contributed by atoms with Crippen molar-refractivity contribution in [3.8, 4) is 0 Å². The van der Waals surface area contributed by atoms with Gasteiger partial charge in [0.2, 0.25) is 0 Å². The molecule has 0 bridgehead atoms. The van der Waals surface area contributed by atoms with Crippen LogP contribution in [0.25, 0.3) is 5.57 Å². The largest absolute Gasteiger partial charge is 0.398 e. The number of benzene rings is 1. The van der Waals surface area contributed by atoms with Gasteiger partial charge in [-0.25, -0.2) is 0 Å². The maximum Gasteiger partial charge on any atom is 0.0390 e. The second-order valence-electron chi connectivity index (χ2n) is 3.06. The van der Waals surface area contributed by atoms with Crippen LogP contribution in [0.4, 0.5) is 5.69 Å². The van der Waals surface area contributed by atoms with Gasteiger partial charge in [-0.15, -0.1) is 0 Å². The Hall–Kier alpha value is -1.24. The lowest BCUT2D eigenvalue weighted by Crippen LogP contribution is -1.92. The molecule has 0 fully saturated rings. The highest BCUT2D eigenvalue weighted by Gasteiger charge is 1.99. The zero-order valence-corrected chi connectivity index (χ0v) is 7.89. The Bertz CT molecular complexity index is 316. The minimum Gasteiger partial charge on any atom is -0.398 e. The fraction of sp³-hybridized carbons (Fsp3) is 0.273. The summed E-state index contributed by atoms with van der Waals surface area (Å²) in [5, 5.41) is 0. The molecule has 0 radical (unpaired) electrons. The smallest absolute Gasteiger partial charge is 0.0390 e. The quantitative estimate of drug-likeness (QED) is 0.632. The molecule has 1 aromatic rings. The molecule has 1 nitrogen and oxygen atoms in total. The van der Waals surface area contributed by atoms with E-state index in [4.69, 9.17) is 5.73 Å².